The summed E-state index contributed by atoms with van der Waals surface area (Å²) < 4.78 is 23.9. The average Bonchev–Trinajstić information content (AvgIpc) is 3.46. The number of hydrogen-bond donors (Lipinski definition) is 4. The Morgan fingerprint density at radius 1 is 1.14 bits per heavy atom. The first-order valence-corrected chi connectivity index (χ1v) is 15.5. The van der Waals surface area contributed by atoms with Gasteiger partial charge in [0.1, 0.15) is 12.2 Å². The number of para-hydroxylation sites is 1. The molecule has 1 aliphatic carbocycles. The summed E-state index contributed by atoms with van der Waals surface area (Å²) in [6.07, 6.45) is -0.0635. The molecule has 3 unspecified atom stereocenters. The second-order valence-electron chi connectivity index (χ2n) is 11.0. The van der Waals surface area contributed by atoms with E-state index in [4.69, 9.17) is 18.6 Å². The van der Waals surface area contributed by atoms with Crippen LogP contribution in [0.4, 0.5) is 0 Å². The quantitative estimate of drug-likeness (QED) is 0.194. The van der Waals surface area contributed by atoms with Crippen LogP contribution in [0.2, 0.25) is 0 Å². The van der Waals surface area contributed by atoms with Gasteiger partial charge in [-0.3, -0.25) is 9.59 Å². The summed E-state index contributed by atoms with van der Waals surface area (Å²) in [6.45, 7) is 3.96. The van der Waals surface area contributed by atoms with Crippen LogP contribution in [0.15, 0.2) is 52.5 Å². The first-order chi connectivity index (χ1) is 21.1. The van der Waals surface area contributed by atoms with E-state index in [0.29, 0.717) is 49.3 Å². The minimum Gasteiger partial charge on any atom is -0.493 e. The summed E-state index contributed by atoms with van der Waals surface area (Å²) in [5.74, 6) is 0.602. The Morgan fingerprint density at radius 3 is 2.55 bits per heavy atom. The lowest BCUT2D eigenvalue weighted by Gasteiger charge is -2.40. The van der Waals surface area contributed by atoms with Gasteiger partial charge in [-0.1, -0.05) is 26.0 Å². The van der Waals surface area contributed by atoms with Crippen molar-refractivity contribution in [1.29, 1.82) is 0 Å². The zero-order chi connectivity index (χ0) is 32.0. The average molecular weight is 723 g/mol. The molecule has 0 bridgehead atoms. The lowest BCUT2D eigenvalue weighted by molar-refractivity contribution is -0.118. The van der Waals surface area contributed by atoms with Crippen molar-refractivity contribution in [3.63, 3.8) is 0 Å². The summed E-state index contributed by atoms with van der Waals surface area (Å²) in [5.41, 5.74) is 1.35. The number of nitrogens with zero attached hydrogens (tertiary/aromatic N) is 1. The van der Waals surface area contributed by atoms with Gasteiger partial charge >= 0.3 is 0 Å². The molecule has 0 saturated carbocycles. The second kappa shape index (κ2) is 15.1. The van der Waals surface area contributed by atoms with Gasteiger partial charge in [-0.2, -0.15) is 0 Å². The van der Waals surface area contributed by atoms with Crippen molar-refractivity contribution in [1.82, 2.24) is 10.2 Å². The maximum atomic E-state index is 14.2. The van der Waals surface area contributed by atoms with Crippen LogP contribution in [-0.2, 0) is 11.4 Å². The van der Waals surface area contributed by atoms with E-state index in [0.717, 1.165) is 0 Å². The predicted octanol–water partition coefficient (Wildman–Crippen LogP) is 3.65. The van der Waals surface area contributed by atoms with Crippen molar-refractivity contribution in [2.75, 3.05) is 33.9 Å². The third-order valence-electron chi connectivity index (χ3n) is 7.49. The van der Waals surface area contributed by atoms with E-state index in [1.807, 2.05) is 19.9 Å². The van der Waals surface area contributed by atoms with Gasteiger partial charge < -0.3 is 44.2 Å². The molecule has 1 aromatic heterocycles. The number of nitrogens with one attached hydrogen (secondary N) is 1. The second-order valence-corrected chi connectivity index (χ2v) is 12.1. The molecule has 44 heavy (non-hydrogen) atoms. The number of amides is 2. The number of hydrogen-bond acceptors (Lipinski definition) is 9. The van der Waals surface area contributed by atoms with Crippen molar-refractivity contribution in [3.8, 4) is 17.2 Å². The smallest absolute Gasteiger partial charge is 0.289 e. The van der Waals surface area contributed by atoms with Gasteiger partial charge in [0.05, 0.1) is 37.0 Å². The van der Waals surface area contributed by atoms with Crippen molar-refractivity contribution >= 4 is 45.4 Å². The molecule has 0 fully saturated rings. The maximum absolute atomic E-state index is 14.2. The Labute approximate surface area is 269 Å². The van der Waals surface area contributed by atoms with Crippen LogP contribution in [0.1, 0.15) is 42.8 Å². The van der Waals surface area contributed by atoms with Crippen LogP contribution in [0.5, 0.6) is 17.2 Å². The molecule has 238 valence electrons. The normalized spacial score (nSPS) is 18.2. The molecule has 0 radical (unpaired) electrons. The summed E-state index contributed by atoms with van der Waals surface area (Å²) in [5, 5.41) is 34.1. The van der Waals surface area contributed by atoms with Crippen molar-refractivity contribution in [2.45, 2.75) is 51.5 Å². The third kappa shape index (κ3) is 7.48. The number of benzene rings is 2. The number of furan rings is 1. The monoisotopic (exact) mass is 722 g/mol. The molecule has 0 spiro atoms. The first-order valence-electron chi connectivity index (χ1n) is 14.4. The summed E-state index contributed by atoms with van der Waals surface area (Å²) >= 11 is 2.06. The zero-order valence-electron chi connectivity index (χ0n) is 25.2. The molecule has 4 N–H and O–H groups in total. The van der Waals surface area contributed by atoms with Crippen LogP contribution in [0.3, 0.4) is 0 Å². The Bertz CT molecular complexity index is 1500. The van der Waals surface area contributed by atoms with Gasteiger partial charge in [0, 0.05) is 30.5 Å². The molecule has 1 heterocycles. The highest BCUT2D eigenvalue weighted by Gasteiger charge is 2.41. The van der Waals surface area contributed by atoms with Gasteiger partial charge in [-0.15, -0.1) is 0 Å². The van der Waals surface area contributed by atoms with Crippen molar-refractivity contribution in [2.24, 2.45) is 5.92 Å². The topological polar surface area (TPSA) is 151 Å². The molecule has 4 rings (SSSR count). The highest BCUT2D eigenvalue weighted by molar-refractivity contribution is 14.1. The molecular formula is C32H39IN2O9. The van der Waals surface area contributed by atoms with Crippen molar-refractivity contribution < 1.29 is 43.5 Å². The van der Waals surface area contributed by atoms with Gasteiger partial charge in [0.15, 0.2) is 28.6 Å². The van der Waals surface area contributed by atoms with E-state index in [1.165, 1.54) is 14.2 Å². The molecule has 3 aromatic rings. The SMILES string of the molecule is COc1cc(CO)cc(I)c1OC1C=C(C(=O)NCCO)CC(N(CCC(C)C)C(=O)c2cc3cccc(OC)c3o2)C1O. The van der Waals surface area contributed by atoms with E-state index in [2.05, 4.69) is 27.9 Å². The van der Waals surface area contributed by atoms with Gasteiger partial charge in [0.2, 0.25) is 5.91 Å². The van der Waals surface area contributed by atoms with Crippen molar-refractivity contribution in [3.05, 3.63) is 62.9 Å². The summed E-state index contributed by atoms with van der Waals surface area (Å²) in [6, 6.07) is 9.52. The number of ether oxygens (including phenoxy) is 3. The number of aliphatic hydroxyl groups excluding tert-OH is 3. The largest absolute Gasteiger partial charge is 0.493 e. The van der Waals surface area contributed by atoms with E-state index >= 15 is 0 Å². The molecule has 12 heteroatoms. The summed E-state index contributed by atoms with van der Waals surface area (Å²) in [4.78, 5) is 28.9. The number of carbonyl (C=O) groups is 2. The first kappa shape index (κ1) is 33.6. The third-order valence-corrected chi connectivity index (χ3v) is 8.29. The minimum atomic E-state index is -1.24. The predicted molar refractivity (Wildman–Crippen MR) is 172 cm³/mol. The Kier molecular flexibility index (Phi) is 11.5. The Morgan fingerprint density at radius 2 is 1.89 bits per heavy atom. The van der Waals surface area contributed by atoms with Crippen LogP contribution < -0.4 is 19.5 Å². The van der Waals surface area contributed by atoms with Crippen LogP contribution in [0, 0.1) is 9.49 Å². The lowest BCUT2D eigenvalue weighted by Crippen LogP contribution is -2.55. The van der Waals surface area contributed by atoms with E-state index in [9.17, 15) is 24.9 Å². The standard InChI is InChI=1S/C32H39IN2O9/c1-18(2)8-10-35(32(40)27-15-20-6-5-7-24(41-3)29(20)44-27)23-14-21(31(39)34-9-11-36)16-25(28(23)38)43-30-22(33)12-19(17-37)13-26(30)42-4/h5-7,12-13,15-16,18,23,25,28,36-38H,8-11,14,17H2,1-4H3,(H,34,39). The Balaban J connectivity index is 1.76. The zero-order valence-corrected chi connectivity index (χ0v) is 27.4. The molecule has 2 amide bonds. The number of carbonyl (C=O) groups excluding carboxylic acids is 2. The Hall–Kier alpha value is -3.33. The van der Waals surface area contributed by atoms with Crippen LogP contribution in [0.25, 0.3) is 11.0 Å². The molecule has 11 nitrogen and oxygen atoms in total. The maximum Gasteiger partial charge on any atom is 0.289 e. The van der Waals surface area contributed by atoms with Gasteiger partial charge in [-0.05, 0) is 70.8 Å². The minimum absolute atomic E-state index is 0.0417. The molecule has 1 aliphatic rings. The molecular weight excluding hydrogens is 683 g/mol. The highest BCUT2D eigenvalue weighted by atomic mass is 127. The lowest BCUT2D eigenvalue weighted by atomic mass is 9.87. The fraction of sp³-hybridized carbons (Fsp3) is 0.438. The molecule has 2 aromatic carbocycles. The molecule has 3 atom stereocenters. The number of methoxy groups -OCH3 is 2. The van der Waals surface area contributed by atoms with Crippen LogP contribution in [-0.4, -0.2) is 84.2 Å². The van der Waals surface area contributed by atoms with E-state index < -0.39 is 30.1 Å². The number of rotatable bonds is 13. The fourth-order valence-electron chi connectivity index (χ4n) is 5.15. The molecule has 0 aliphatic heterocycles. The molecule has 0 saturated heterocycles. The van der Waals surface area contributed by atoms with Gasteiger partial charge in [0.25, 0.3) is 5.91 Å². The fourth-order valence-corrected chi connectivity index (χ4v) is 5.95. The van der Waals surface area contributed by atoms with Gasteiger partial charge in [-0.25, -0.2) is 0 Å². The highest BCUT2D eigenvalue weighted by Crippen LogP contribution is 2.38. The number of fused-ring (bicyclic) bond motifs is 1. The summed E-state index contributed by atoms with van der Waals surface area (Å²) in [7, 11) is 2.99. The number of halogens is 1. The van der Waals surface area contributed by atoms with Crippen LogP contribution >= 0.6 is 22.6 Å². The number of aliphatic hydroxyl groups is 3. The van der Waals surface area contributed by atoms with E-state index in [-0.39, 0.29) is 44.4 Å². The van der Waals surface area contributed by atoms with E-state index in [1.54, 1.807) is 41.3 Å².